The molecule has 2 amide bonds. The summed E-state index contributed by atoms with van der Waals surface area (Å²) < 4.78 is 4.77. The summed E-state index contributed by atoms with van der Waals surface area (Å²) in [6.45, 7) is 3.76. The lowest BCUT2D eigenvalue weighted by Crippen LogP contribution is -2.39. The minimum Gasteiger partial charge on any atom is -0.478 e. The number of aromatic carboxylic acids is 1. The van der Waals surface area contributed by atoms with E-state index in [1.165, 1.54) is 11.0 Å². The number of carboxylic acids is 1. The average Bonchev–Trinajstić information content (AvgIpc) is 2.84. The molecule has 0 aliphatic heterocycles. The molecular weight excluding hydrogens is 284 g/mol. The van der Waals surface area contributed by atoms with Gasteiger partial charge in [0.05, 0.1) is 12.2 Å². The van der Waals surface area contributed by atoms with Crippen LogP contribution in [0.25, 0.3) is 0 Å². The number of carbonyl (C=O) groups is 3. The normalized spacial score (nSPS) is 9.90. The maximum atomic E-state index is 12.0. The minimum absolute atomic E-state index is 0.0236. The SMILES string of the molecule is CCOC(=O)CN(CC)C(=O)Nc1sccc1C(=O)O. The van der Waals surface area contributed by atoms with Gasteiger partial charge in [-0.15, -0.1) is 11.3 Å². The van der Waals surface area contributed by atoms with Crippen LogP contribution in [0.2, 0.25) is 0 Å². The third kappa shape index (κ3) is 4.23. The smallest absolute Gasteiger partial charge is 0.338 e. The Morgan fingerprint density at radius 1 is 1.40 bits per heavy atom. The molecule has 0 spiro atoms. The molecular formula is C12H16N2O5S. The molecule has 0 radical (unpaired) electrons. The monoisotopic (exact) mass is 300 g/mol. The van der Waals surface area contributed by atoms with Crippen molar-refractivity contribution in [1.82, 2.24) is 4.90 Å². The van der Waals surface area contributed by atoms with E-state index in [1.807, 2.05) is 0 Å². The number of thiophene rings is 1. The molecule has 0 saturated heterocycles. The van der Waals surface area contributed by atoms with Crippen LogP contribution in [0, 0.1) is 0 Å². The van der Waals surface area contributed by atoms with Gasteiger partial charge in [-0.3, -0.25) is 10.1 Å². The lowest BCUT2D eigenvalue weighted by molar-refractivity contribution is -0.143. The van der Waals surface area contributed by atoms with Crippen LogP contribution in [0.15, 0.2) is 11.4 Å². The Bertz CT molecular complexity index is 500. The molecule has 0 fully saturated rings. The van der Waals surface area contributed by atoms with E-state index in [0.29, 0.717) is 6.54 Å². The summed E-state index contributed by atoms with van der Waals surface area (Å²) in [4.78, 5) is 35.5. The number of ether oxygens (including phenoxy) is 1. The van der Waals surface area contributed by atoms with E-state index in [0.717, 1.165) is 11.3 Å². The lowest BCUT2D eigenvalue weighted by Gasteiger charge is -2.19. The summed E-state index contributed by atoms with van der Waals surface area (Å²) in [6, 6.07) is 0.870. The number of hydrogen-bond acceptors (Lipinski definition) is 5. The topological polar surface area (TPSA) is 95.9 Å². The summed E-state index contributed by atoms with van der Waals surface area (Å²) in [5.74, 6) is -1.62. The molecule has 0 aliphatic carbocycles. The lowest BCUT2D eigenvalue weighted by atomic mass is 10.3. The first kappa shape index (κ1) is 16.0. The van der Waals surface area contributed by atoms with E-state index in [4.69, 9.17) is 9.84 Å². The van der Waals surface area contributed by atoms with E-state index < -0.39 is 18.0 Å². The molecule has 8 heteroatoms. The van der Waals surface area contributed by atoms with Gasteiger partial charge < -0.3 is 14.7 Å². The minimum atomic E-state index is -1.12. The Morgan fingerprint density at radius 2 is 2.10 bits per heavy atom. The van der Waals surface area contributed by atoms with Gasteiger partial charge in [0, 0.05) is 6.54 Å². The number of rotatable bonds is 6. The van der Waals surface area contributed by atoms with Crippen molar-refractivity contribution in [2.75, 3.05) is 25.0 Å². The van der Waals surface area contributed by atoms with Crippen molar-refractivity contribution in [3.63, 3.8) is 0 Å². The Kier molecular flexibility index (Phi) is 5.98. The second-order valence-electron chi connectivity index (χ2n) is 3.72. The van der Waals surface area contributed by atoms with Gasteiger partial charge in [0.1, 0.15) is 11.5 Å². The van der Waals surface area contributed by atoms with Crippen molar-refractivity contribution >= 4 is 34.3 Å². The fourth-order valence-electron chi connectivity index (χ4n) is 1.44. The largest absolute Gasteiger partial charge is 0.478 e. The Labute approximate surface area is 120 Å². The molecule has 1 rings (SSSR count). The van der Waals surface area contributed by atoms with Crippen LogP contribution in [0.5, 0.6) is 0 Å². The van der Waals surface area contributed by atoms with Crippen LogP contribution in [-0.4, -0.2) is 47.7 Å². The fraction of sp³-hybridized carbons (Fsp3) is 0.417. The summed E-state index contributed by atoms with van der Waals surface area (Å²) in [5.41, 5.74) is 0.0236. The number of carbonyl (C=O) groups excluding carboxylic acids is 2. The third-order valence-electron chi connectivity index (χ3n) is 2.41. The number of carboxylic acid groups (broad SMARTS) is 1. The number of amides is 2. The maximum Gasteiger partial charge on any atom is 0.338 e. The second kappa shape index (κ2) is 7.49. The average molecular weight is 300 g/mol. The number of urea groups is 1. The molecule has 0 atom stereocenters. The van der Waals surface area contributed by atoms with Crippen LogP contribution < -0.4 is 5.32 Å². The fourth-order valence-corrected chi connectivity index (χ4v) is 2.21. The molecule has 0 bridgehead atoms. The molecule has 0 aromatic carbocycles. The van der Waals surface area contributed by atoms with E-state index in [1.54, 1.807) is 19.2 Å². The molecule has 1 aromatic rings. The van der Waals surface area contributed by atoms with E-state index in [9.17, 15) is 14.4 Å². The Hall–Kier alpha value is -2.09. The highest BCUT2D eigenvalue weighted by Crippen LogP contribution is 2.23. The molecule has 0 unspecified atom stereocenters. The number of esters is 1. The van der Waals surface area contributed by atoms with Gasteiger partial charge in [-0.05, 0) is 25.3 Å². The number of anilines is 1. The summed E-state index contributed by atoms with van der Waals surface area (Å²) in [5, 5.41) is 13.2. The van der Waals surface area contributed by atoms with Crippen molar-refractivity contribution in [2.24, 2.45) is 0 Å². The van der Waals surface area contributed by atoms with Crippen LogP contribution >= 0.6 is 11.3 Å². The molecule has 7 nitrogen and oxygen atoms in total. The number of likely N-dealkylation sites (N-methyl/N-ethyl adjacent to an activating group) is 1. The Morgan fingerprint density at radius 3 is 2.65 bits per heavy atom. The summed E-state index contributed by atoms with van der Waals surface area (Å²) >= 11 is 1.11. The molecule has 110 valence electrons. The third-order valence-corrected chi connectivity index (χ3v) is 3.24. The molecule has 0 aliphatic rings. The van der Waals surface area contributed by atoms with Crippen molar-refractivity contribution in [1.29, 1.82) is 0 Å². The molecule has 1 aromatic heterocycles. The van der Waals surface area contributed by atoms with E-state index >= 15 is 0 Å². The van der Waals surface area contributed by atoms with E-state index in [2.05, 4.69) is 5.32 Å². The second-order valence-corrected chi connectivity index (χ2v) is 4.63. The van der Waals surface area contributed by atoms with Crippen LogP contribution in [0.4, 0.5) is 9.80 Å². The van der Waals surface area contributed by atoms with Crippen LogP contribution in [-0.2, 0) is 9.53 Å². The zero-order valence-electron chi connectivity index (χ0n) is 11.2. The predicted octanol–water partition coefficient (Wildman–Crippen LogP) is 1.86. The van der Waals surface area contributed by atoms with Crippen molar-refractivity contribution in [3.05, 3.63) is 17.0 Å². The number of nitrogens with one attached hydrogen (secondary N) is 1. The number of hydrogen-bond donors (Lipinski definition) is 2. The van der Waals surface area contributed by atoms with Gasteiger partial charge in [-0.1, -0.05) is 0 Å². The zero-order valence-corrected chi connectivity index (χ0v) is 12.0. The van der Waals surface area contributed by atoms with Crippen molar-refractivity contribution < 1.29 is 24.2 Å². The van der Waals surface area contributed by atoms with Gasteiger partial charge in [0.25, 0.3) is 0 Å². The molecule has 20 heavy (non-hydrogen) atoms. The Balaban J connectivity index is 2.70. The van der Waals surface area contributed by atoms with Crippen molar-refractivity contribution in [2.45, 2.75) is 13.8 Å². The first-order chi connectivity index (χ1) is 9.49. The van der Waals surface area contributed by atoms with Gasteiger partial charge in [0.2, 0.25) is 0 Å². The van der Waals surface area contributed by atoms with Gasteiger partial charge in [-0.25, -0.2) is 9.59 Å². The molecule has 2 N–H and O–H groups in total. The highest BCUT2D eigenvalue weighted by Gasteiger charge is 2.19. The standard InChI is InChI=1S/C12H16N2O5S/c1-3-14(7-9(15)19-4-2)12(18)13-10-8(11(16)17)5-6-20-10/h5-6H,3-4,7H2,1-2H3,(H,13,18)(H,16,17). The highest BCUT2D eigenvalue weighted by atomic mass is 32.1. The van der Waals surface area contributed by atoms with Gasteiger partial charge >= 0.3 is 18.0 Å². The van der Waals surface area contributed by atoms with Gasteiger partial charge in [-0.2, -0.15) is 0 Å². The van der Waals surface area contributed by atoms with E-state index in [-0.39, 0.29) is 23.7 Å². The summed E-state index contributed by atoms with van der Waals surface area (Å²) in [6.07, 6.45) is 0. The molecule has 1 heterocycles. The van der Waals surface area contributed by atoms with Crippen LogP contribution in [0.1, 0.15) is 24.2 Å². The zero-order chi connectivity index (χ0) is 15.1. The number of nitrogens with zero attached hydrogens (tertiary/aromatic N) is 1. The summed E-state index contributed by atoms with van der Waals surface area (Å²) in [7, 11) is 0. The maximum absolute atomic E-state index is 12.0. The van der Waals surface area contributed by atoms with Gasteiger partial charge in [0.15, 0.2) is 0 Å². The quantitative estimate of drug-likeness (QED) is 0.782. The first-order valence-electron chi connectivity index (χ1n) is 6.01. The van der Waals surface area contributed by atoms with Crippen molar-refractivity contribution in [3.8, 4) is 0 Å². The first-order valence-corrected chi connectivity index (χ1v) is 6.89. The predicted molar refractivity (Wildman–Crippen MR) is 74.2 cm³/mol. The molecule has 0 saturated carbocycles. The highest BCUT2D eigenvalue weighted by molar-refractivity contribution is 7.14. The van der Waals surface area contributed by atoms with Crippen LogP contribution in [0.3, 0.4) is 0 Å².